The molecule has 2 heteroatoms. The Balaban J connectivity index is 2.36. The van der Waals surface area contributed by atoms with Crippen molar-refractivity contribution in [3.8, 4) is 0 Å². The minimum atomic E-state index is 0.370. The second-order valence-electron chi connectivity index (χ2n) is 4.06. The minimum Gasteiger partial charge on any atom is -0.378 e. The molecule has 0 atom stereocenters. The predicted octanol–water partition coefficient (Wildman–Crippen LogP) is 1.81. The van der Waals surface area contributed by atoms with Crippen LogP contribution in [0, 0.1) is 0 Å². The molecule has 2 rings (SSSR count). The van der Waals surface area contributed by atoms with Gasteiger partial charge in [-0.05, 0) is 29.7 Å². The first-order valence-electron chi connectivity index (χ1n) is 4.97. The maximum absolute atomic E-state index is 11.2. The van der Waals surface area contributed by atoms with Gasteiger partial charge in [0.2, 0.25) is 0 Å². The van der Waals surface area contributed by atoms with E-state index in [4.69, 9.17) is 0 Å². The van der Waals surface area contributed by atoms with E-state index < -0.39 is 0 Å². The van der Waals surface area contributed by atoms with Gasteiger partial charge in [-0.3, -0.25) is 4.79 Å². The van der Waals surface area contributed by atoms with Crippen LogP contribution in [-0.4, -0.2) is 19.9 Å². The fourth-order valence-corrected chi connectivity index (χ4v) is 1.87. The summed E-state index contributed by atoms with van der Waals surface area (Å²) in [7, 11) is 4.07. The molecule has 14 heavy (non-hydrogen) atoms. The highest BCUT2D eigenvalue weighted by Crippen LogP contribution is 2.23. The topological polar surface area (TPSA) is 20.3 Å². The number of benzene rings is 1. The molecule has 0 saturated heterocycles. The Labute approximate surface area is 84.5 Å². The molecule has 0 bridgehead atoms. The Hall–Kier alpha value is -1.31. The van der Waals surface area contributed by atoms with Gasteiger partial charge in [0, 0.05) is 32.6 Å². The molecule has 0 radical (unpaired) electrons. The molecule has 0 N–H and O–H groups in total. The Morgan fingerprint density at radius 1 is 1.14 bits per heavy atom. The van der Waals surface area contributed by atoms with Crippen molar-refractivity contribution >= 4 is 11.5 Å². The molecule has 0 heterocycles. The van der Waals surface area contributed by atoms with E-state index >= 15 is 0 Å². The van der Waals surface area contributed by atoms with Crippen LogP contribution < -0.4 is 4.90 Å². The Bertz CT molecular complexity index is 369. The molecule has 74 valence electrons. The fraction of sp³-hybridized carbons (Fsp3) is 0.417. The van der Waals surface area contributed by atoms with E-state index in [0.29, 0.717) is 18.6 Å². The average molecular weight is 189 g/mol. The van der Waals surface area contributed by atoms with Crippen molar-refractivity contribution in [1.29, 1.82) is 0 Å². The number of nitrogens with zero attached hydrogens (tertiary/aromatic N) is 1. The summed E-state index contributed by atoms with van der Waals surface area (Å²) in [6.07, 6.45) is 2.25. The van der Waals surface area contributed by atoms with Gasteiger partial charge in [-0.2, -0.15) is 0 Å². The van der Waals surface area contributed by atoms with Gasteiger partial charge in [0.1, 0.15) is 5.78 Å². The summed E-state index contributed by atoms with van der Waals surface area (Å²) in [4.78, 5) is 13.3. The summed E-state index contributed by atoms with van der Waals surface area (Å²) in [6.45, 7) is 0. The van der Waals surface area contributed by atoms with Gasteiger partial charge in [-0.25, -0.2) is 0 Å². The van der Waals surface area contributed by atoms with Crippen LogP contribution in [0.1, 0.15) is 17.5 Å². The molecular formula is C12H15NO. The van der Waals surface area contributed by atoms with Gasteiger partial charge in [-0.15, -0.1) is 0 Å². The number of hydrogen-bond donors (Lipinski definition) is 0. The number of ketones is 1. The lowest BCUT2D eigenvalue weighted by Gasteiger charge is -2.19. The van der Waals surface area contributed by atoms with Gasteiger partial charge >= 0.3 is 0 Å². The molecule has 0 aromatic heterocycles. The van der Waals surface area contributed by atoms with Crippen molar-refractivity contribution in [2.45, 2.75) is 19.3 Å². The normalized spacial score (nSPS) is 15.1. The van der Waals surface area contributed by atoms with E-state index in [2.05, 4.69) is 23.1 Å². The Morgan fingerprint density at radius 2 is 1.93 bits per heavy atom. The van der Waals surface area contributed by atoms with Crippen molar-refractivity contribution in [3.05, 3.63) is 29.3 Å². The molecular weight excluding hydrogens is 174 g/mol. The van der Waals surface area contributed by atoms with E-state index in [1.807, 2.05) is 14.1 Å². The van der Waals surface area contributed by atoms with E-state index in [9.17, 15) is 4.79 Å². The Kier molecular flexibility index (Phi) is 2.28. The predicted molar refractivity (Wildman–Crippen MR) is 57.8 cm³/mol. The van der Waals surface area contributed by atoms with Crippen LogP contribution in [0.5, 0.6) is 0 Å². The van der Waals surface area contributed by atoms with Gasteiger partial charge in [0.05, 0.1) is 0 Å². The van der Waals surface area contributed by atoms with Crippen molar-refractivity contribution in [2.24, 2.45) is 0 Å². The SMILES string of the molecule is CN(C)c1ccc2c(c1)CCC(=O)C2. The molecule has 1 aliphatic carbocycles. The second-order valence-corrected chi connectivity index (χ2v) is 4.06. The van der Waals surface area contributed by atoms with Crippen LogP contribution in [0.15, 0.2) is 18.2 Å². The third-order valence-electron chi connectivity index (χ3n) is 2.77. The summed E-state index contributed by atoms with van der Waals surface area (Å²) in [6, 6.07) is 6.36. The molecule has 1 aromatic rings. The zero-order valence-electron chi connectivity index (χ0n) is 8.71. The molecule has 1 aromatic carbocycles. The van der Waals surface area contributed by atoms with Crippen molar-refractivity contribution in [3.63, 3.8) is 0 Å². The van der Waals surface area contributed by atoms with E-state index in [0.717, 1.165) is 6.42 Å². The zero-order valence-corrected chi connectivity index (χ0v) is 8.71. The highest BCUT2D eigenvalue weighted by Gasteiger charge is 2.15. The van der Waals surface area contributed by atoms with Crippen LogP contribution in [0.3, 0.4) is 0 Å². The monoisotopic (exact) mass is 189 g/mol. The summed E-state index contributed by atoms with van der Waals surface area (Å²) >= 11 is 0. The number of Topliss-reactive ketones (excluding diaryl/α,β-unsaturated/α-hetero) is 1. The molecule has 0 spiro atoms. The fourth-order valence-electron chi connectivity index (χ4n) is 1.87. The van der Waals surface area contributed by atoms with Crippen LogP contribution in [0.2, 0.25) is 0 Å². The summed E-state index contributed by atoms with van der Waals surface area (Å²) in [5, 5.41) is 0. The maximum Gasteiger partial charge on any atom is 0.137 e. The number of hydrogen-bond acceptors (Lipinski definition) is 2. The number of fused-ring (bicyclic) bond motifs is 1. The zero-order chi connectivity index (χ0) is 10.1. The van der Waals surface area contributed by atoms with Crippen LogP contribution in [0.25, 0.3) is 0 Å². The summed E-state index contributed by atoms with van der Waals surface area (Å²) in [5.41, 5.74) is 3.78. The first-order valence-corrected chi connectivity index (χ1v) is 4.97. The standard InChI is InChI=1S/C12H15NO/c1-13(2)11-5-3-10-8-12(14)6-4-9(10)7-11/h3,5,7H,4,6,8H2,1-2H3. The van der Waals surface area contributed by atoms with Gasteiger partial charge < -0.3 is 4.90 Å². The van der Waals surface area contributed by atoms with Crippen LogP contribution in [-0.2, 0) is 17.6 Å². The van der Waals surface area contributed by atoms with E-state index in [1.165, 1.54) is 16.8 Å². The largest absolute Gasteiger partial charge is 0.378 e. The molecule has 1 aliphatic rings. The minimum absolute atomic E-state index is 0.370. The third-order valence-corrected chi connectivity index (χ3v) is 2.77. The highest BCUT2D eigenvalue weighted by molar-refractivity contribution is 5.83. The first kappa shape index (κ1) is 9.25. The third kappa shape index (κ3) is 1.65. The maximum atomic E-state index is 11.2. The summed E-state index contributed by atoms with van der Waals surface area (Å²) in [5.74, 6) is 0.370. The Morgan fingerprint density at radius 3 is 2.64 bits per heavy atom. The quantitative estimate of drug-likeness (QED) is 0.671. The lowest BCUT2D eigenvalue weighted by molar-refractivity contribution is -0.118. The van der Waals surface area contributed by atoms with Crippen molar-refractivity contribution in [2.75, 3.05) is 19.0 Å². The molecule has 2 nitrogen and oxygen atoms in total. The van der Waals surface area contributed by atoms with Gasteiger partial charge in [0.15, 0.2) is 0 Å². The number of rotatable bonds is 1. The molecule has 0 saturated carbocycles. The van der Waals surface area contributed by atoms with E-state index in [1.54, 1.807) is 0 Å². The number of anilines is 1. The lowest BCUT2D eigenvalue weighted by Crippen LogP contribution is -2.15. The number of carbonyl (C=O) groups excluding carboxylic acids is 1. The van der Waals surface area contributed by atoms with E-state index in [-0.39, 0.29) is 0 Å². The average Bonchev–Trinajstić information content (AvgIpc) is 2.16. The first-order chi connectivity index (χ1) is 6.66. The van der Waals surface area contributed by atoms with Crippen LogP contribution >= 0.6 is 0 Å². The summed E-state index contributed by atoms with van der Waals surface area (Å²) < 4.78 is 0. The van der Waals surface area contributed by atoms with Crippen LogP contribution in [0.4, 0.5) is 5.69 Å². The van der Waals surface area contributed by atoms with Gasteiger partial charge in [-0.1, -0.05) is 6.07 Å². The van der Waals surface area contributed by atoms with Gasteiger partial charge in [0.25, 0.3) is 0 Å². The lowest BCUT2D eigenvalue weighted by atomic mass is 9.90. The second kappa shape index (κ2) is 3.45. The molecule has 0 fully saturated rings. The molecule has 0 amide bonds. The molecule has 0 aliphatic heterocycles. The highest BCUT2D eigenvalue weighted by atomic mass is 16.1. The van der Waals surface area contributed by atoms with Crippen molar-refractivity contribution < 1.29 is 4.79 Å². The van der Waals surface area contributed by atoms with Crippen molar-refractivity contribution in [1.82, 2.24) is 0 Å². The number of aryl methyl sites for hydroxylation is 1. The number of carbonyl (C=O) groups is 1. The molecule has 0 unspecified atom stereocenters. The smallest absolute Gasteiger partial charge is 0.137 e.